The van der Waals surface area contributed by atoms with Crippen LogP contribution < -0.4 is 15.5 Å². The number of nitrogens with one attached hydrogen (secondary N) is 2. The fourth-order valence-corrected chi connectivity index (χ4v) is 6.38. The standard InChI is InChI=1S/C39H37N7O5/c1-26-35(37(47)40-25-32-24-33(43-51-32)27-12-5-2-6-13-27)42-44-46(26)31-21-19-28(20-22-31)39(49)45(30-16-9-4-10-17-30)36(34-18-11-23-50-34)38(48)41-29-14-7-3-8-15-29/h2,4-6,9-13,16-24,29,36H,3,7-8,14-15,25H2,1H3,(H,40,47)(H,41,48). The largest absolute Gasteiger partial charge is 0.467 e. The van der Waals surface area contributed by atoms with Gasteiger partial charge in [-0.15, -0.1) is 5.10 Å². The molecule has 1 unspecified atom stereocenters. The van der Waals surface area contributed by atoms with Gasteiger partial charge in [-0.25, -0.2) is 4.68 Å². The van der Waals surface area contributed by atoms with E-state index in [1.807, 2.05) is 48.5 Å². The van der Waals surface area contributed by atoms with E-state index in [1.54, 1.807) is 61.5 Å². The van der Waals surface area contributed by atoms with Crippen LogP contribution in [0.3, 0.4) is 0 Å². The van der Waals surface area contributed by atoms with Gasteiger partial charge in [0.05, 0.1) is 24.2 Å². The van der Waals surface area contributed by atoms with Crippen molar-refractivity contribution >= 4 is 23.4 Å². The second-order valence-corrected chi connectivity index (χ2v) is 12.5. The van der Waals surface area contributed by atoms with Crippen LogP contribution in [-0.2, 0) is 11.3 Å². The first-order chi connectivity index (χ1) is 25.0. The highest BCUT2D eigenvalue weighted by Crippen LogP contribution is 2.31. The van der Waals surface area contributed by atoms with Crippen molar-refractivity contribution in [3.8, 4) is 16.9 Å². The van der Waals surface area contributed by atoms with Crippen molar-refractivity contribution < 1.29 is 23.3 Å². The van der Waals surface area contributed by atoms with E-state index in [4.69, 9.17) is 8.94 Å². The van der Waals surface area contributed by atoms with Gasteiger partial charge in [0.1, 0.15) is 11.5 Å². The van der Waals surface area contributed by atoms with E-state index in [9.17, 15) is 14.4 Å². The molecular weight excluding hydrogens is 646 g/mol. The van der Waals surface area contributed by atoms with Gasteiger partial charge in [-0.2, -0.15) is 0 Å². The van der Waals surface area contributed by atoms with Crippen LogP contribution in [0.4, 0.5) is 5.69 Å². The van der Waals surface area contributed by atoms with E-state index in [1.165, 1.54) is 15.8 Å². The normalized spacial score (nSPS) is 13.7. The smallest absolute Gasteiger partial charge is 0.274 e. The highest BCUT2D eigenvalue weighted by atomic mass is 16.5. The Morgan fingerprint density at radius 2 is 1.63 bits per heavy atom. The molecule has 1 fully saturated rings. The van der Waals surface area contributed by atoms with Gasteiger partial charge in [-0.05, 0) is 68.3 Å². The summed E-state index contributed by atoms with van der Waals surface area (Å²) < 4.78 is 12.7. The van der Waals surface area contributed by atoms with Gasteiger partial charge < -0.3 is 19.6 Å². The monoisotopic (exact) mass is 683 g/mol. The number of hydrogen-bond acceptors (Lipinski definition) is 8. The summed E-state index contributed by atoms with van der Waals surface area (Å²) in [4.78, 5) is 42.9. The Kier molecular flexibility index (Phi) is 9.82. The fourth-order valence-electron chi connectivity index (χ4n) is 6.38. The predicted octanol–water partition coefficient (Wildman–Crippen LogP) is 6.59. The molecule has 0 radical (unpaired) electrons. The number of benzene rings is 3. The van der Waals surface area contributed by atoms with Crippen molar-refractivity contribution in [3.05, 3.63) is 138 Å². The summed E-state index contributed by atoms with van der Waals surface area (Å²) >= 11 is 0. The van der Waals surface area contributed by atoms with Crippen molar-refractivity contribution in [2.24, 2.45) is 0 Å². The molecule has 1 saturated carbocycles. The Hall–Kier alpha value is -6.30. The molecule has 51 heavy (non-hydrogen) atoms. The molecule has 1 aliphatic carbocycles. The molecule has 0 aliphatic heterocycles. The molecule has 12 heteroatoms. The molecule has 0 saturated heterocycles. The number of amides is 3. The Balaban J connectivity index is 1.09. The molecule has 3 heterocycles. The number of rotatable bonds is 11. The molecule has 1 atom stereocenters. The minimum absolute atomic E-state index is 0.0447. The molecular formula is C39H37N7O5. The zero-order chi connectivity index (χ0) is 35.2. The van der Waals surface area contributed by atoms with Crippen LogP contribution in [0.2, 0.25) is 0 Å². The molecule has 12 nitrogen and oxygen atoms in total. The summed E-state index contributed by atoms with van der Waals surface area (Å²) in [7, 11) is 0. The quantitative estimate of drug-likeness (QED) is 0.155. The number of carbonyl (C=O) groups excluding carboxylic acids is 3. The molecule has 2 N–H and O–H groups in total. The van der Waals surface area contributed by atoms with E-state index in [2.05, 4.69) is 26.1 Å². The summed E-state index contributed by atoms with van der Waals surface area (Å²) in [6, 6.07) is 29.7. The summed E-state index contributed by atoms with van der Waals surface area (Å²) in [5.74, 6) is -0.239. The van der Waals surface area contributed by atoms with E-state index < -0.39 is 11.9 Å². The minimum Gasteiger partial charge on any atom is -0.467 e. The first kappa shape index (κ1) is 33.2. The van der Waals surface area contributed by atoms with E-state index in [0.29, 0.717) is 39.8 Å². The summed E-state index contributed by atoms with van der Waals surface area (Å²) in [5.41, 5.74) is 3.75. The highest BCUT2D eigenvalue weighted by Gasteiger charge is 2.36. The maximum absolute atomic E-state index is 14.4. The van der Waals surface area contributed by atoms with E-state index >= 15 is 0 Å². The third-order valence-electron chi connectivity index (χ3n) is 9.04. The Morgan fingerprint density at radius 1 is 0.902 bits per heavy atom. The van der Waals surface area contributed by atoms with E-state index in [0.717, 1.165) is 37.7 Å². The lowest BCUT2D eigenvalue weighted by Crippen LogP contribution is -2.47. The highest BCUT2D eigenvalue weighted by molar-refractivity contribution is 6.10. The van der Waals surface area contributed by atoms with Crippen molar-refractivity contribution in [2.75, 3.05) is 4.90 Å². The Bertz CT molecular complexity index is 2080. The van der Waals surface area contributed by atoms with Crippen LogP contribution in [0.15, 0.2) is 118 Å². The van der Waals surface area contributed by atoms with Crippen molar-refractivity contribution in [1.82, 2.24) is 30.8 Å². The van der Waals surface area contributed by atoms with Crippen LogP contribution in [0, 0.1) is 6.92 Å². The van der Waals surface area contributed by atoms with Gasteiger partial charge in [0.25, 0.3) is 17.7 Å². The average Bonchev–Trinajstić information content (AvgIpc) is 3.96. The molecule has 7 rings (SSSR count). The Labute approximate surface area is 294 Å². The number of hydrogen-bond donors (Lipinski definition) is 2. The van der Waals surface area contributed by atoms with Crippen molar-refractivity contribution in [3.63, 3.8) is 0 Å². The average molecular weight is 684 g/mol. The van der Waals surface area contributed by atoms with Crippen LogP contribution in [-0.4, -0.2) is 43.9 Å². The van der Waals surface area contributed by atoms with Crippen LogP contribution >= 0.6 is 0 Å². The number of nitrogens with zero attached hydrogens (tertiary/aromatic N) is 5. The number of para-hydroxylation sites is 1. The number of furan rings is 1. The van der Waals surface area contributed by atoms with Crippen LogP contribution in [0.5, 0.6) is 0 Å². The predicted molar refractivity (Wildman–Crippen MR) is 189 cm³/mol. The lowest BCUT2D eigenvalue weighted by Gasteiger charge is -2.32. The van der Waals surface area contributed by atoms with Crippen LogP contribution in [0.1, 0.15) is 76.2 Å². The van der Waals surface area contributed by atoms with Crippen LogP contribution in [0.25, 0.3) is 16.9 Å². The van der Waals surface area contributed by atoms with E-state index in [-0.39, 0.29) is 30.1 Å². The third-order valence-corrected chi connectivity index (χ3v) is 9.04. The van der Waals surface area contributed by atoms with Gasteiger partial charge in [0, 0.05) is 28.9 Å². The minimum atomic E-state index is -1.03. The van der Waals surface area contributed by atoms with Gasteiger partial charge in [-0.1, -0.05) is 78.2 Å². The second kappa shape index (κ2) is 15.1. The summed E-state index contributed by atoms with van der Waals surface area (Å²) in [6.07, 6.45) is 6.57. The maximum atomic E-state index is 14.4. The second-order valence-electron chi connectivity index (χ2n) is 12.5. The van der Waals surface area contributed by atoms with Crippen molar-refractivity contribution in [2.45, 2.75) is 57.7 Å². The lowest BCUT2D eigenvalue weighted by atomic mass is 9.95. The first-order valence-electron chi connectivity index (χ1n) is 17.0. The molecule has 0 spiro atoms. The maximum Gasteiger partial charge on any atom is 0.274 e. The number of aromatic nitrogens is 4. The molecule has 6 aromatic rings. The zero-order valence-corrected chi connectivity index (χ0v) is 28.1. The molecule has 258 valence electrons. The number of carbonyl (C=O) groups is 3. The summed E-state index contributed by atoms with van der Waals surface area (Å²) in [5, 5.41) is 18.4. The first-order valence-corrected chi connectivity index (χ1v) is 17.0. The lowest BCUT2D eigenvalue weighted by molar-refractivity contribution is -0.123. The molecule has 3 aromatic carbocycles. The number of anilines is 1. The van der Waals surface area contributed by atoms with Crippen molar-refractivity contribution in [1.29, 1.82) is 0 Å². The van der Waals surface area contributed by atoms with Gasteiger partial charge in [0.2, 0.25) is 0 Å². The third kappa shape index (κ3) is 7.35. The van der Waals surface area contributed by atoms with Gasteiger partial charge >= 0.3 is 0 Å². The SMILES string of the molecule is Cc1c(C(=O)NCc2cc(-c3ccccc3)no2)nnn1-c1ccc(C(=O)N(c2ccccc2)C(C(=O)NC2CCCCC2)c2ccco2)cc1. The molecule has 0 bridgehead atoms. The molecule has 3 aromatic heterocycles. The van der Waals surface area contributed by atoms with Gasteiger partial charge in [-0.3, -0.25) is 19.3 Å². The topological polar surface area (TPSA) is 148 Å². The fraction of sp³-hybridized carbons (Fsp3) is 0.231. The molecule has 3 amide bonds. The zero-order valence-electron chi connectivity index (χ0n) is 28.1. The summed E-state index contributed by atoms with van der Waals surface area (Å²) in [6.45, 7) is 1.86. The molecule has 1 aliphatic rings. The Morgan fingerprint density at radius 3 is 2.33 bits per heavy atom. The van der Waals surface area contributed by atoms with Gasteiger partial charge in [0.15, 0.2) is 17.5 Å².